The molecule has 0 radical (unpaired) electrons. The third-order valence-electron chi connectivity index (χ3n) is 3.49. The predicted octanol–water partition coefficient (Wildman–Crippen LogP) is 3.05. The molecule has 2 aromatic rings. The van der Waals surface area contributed by atoms with Crippen LogP contribution in [-0.2, 0) is 23.0 Å². The summed E-state index contributed by atoms with van der Waals surface area (Å²) in [4.78, 5) is 3.93. The van der Waals surface area contributed by atoms with E-state index in [1.807, 2.05) is 6.92 Å². The summed E-state index contributed by atoms with van der Waals surface area (Å²) in [6.45, 7) is -0.933. The Balaban J connectivity index is 2.19. The Kier molecular flexibility index (Phi) is 5.48. The van der Waals surface area contributed by atoms with Gasteiger partial charge in [-0.1, -0.05) is 25.5 Å². The van der Waals surface area contributed by atoms with Crippen LogP contribution in [0.4, 0.5) is 8.78 Å². The fourth-order valence-electron chi connectivity index (χ4n) is 2.22. The second-order valence-electron chi connectivity index (χ2n) is 5.18. The molecule has 1 heterocycles. The summed E-state index contributed by atoms with van der Waals surface area (Å²) < 4.78 is 52.3. The van der Waals surface area contributed by atoms with Crippen molar-refractivity contribution >= 4 is 10.0 Å². The first-order valence-electron chi connectivity index (χ1n) is 7.21. The number of sulfonamides is 1. The first-order chi connectivity index (χ1) is 10.9. The van der Waals surface area contributed by atoms with Crippen molar-refractivity contribution in [2.75, 3.05) is 7.05 Å². The van der Waals surface area contributed by atoms with Crippen molar-refractivity contribution < 1.29 is 17.2 Å². The van der Waals surface area contributed by atoms with E-state index in [-0.39, 0.29) is 17.3 Å². The lowest BCUT2D eigenvalue weighted by Crippen LogP contribution is -2.28. The highest BCUT2D eigenvalue weighted by molar-refractivity contribution is 7.89. The van der Waals surface area contributed by atoms with Crippen LogP contribution in [0.1, 0.15) is 31.3 Å². The summed E-state index contributed by atoms with van der Waals surface area (Å²) in [5.41, 5.74) is 1.06. The first kappa shape index (κ1) is 17.6. The molecule has 0 aliphatic carbocycles. The molecular formula is C15H19F2N3O2S. The Morgan fingerprint density at radius 2 is 1.91 bits per heavy atom. The fourth-order valence-corrected chi connectivity index (χ4v) is 3.35. The predicted molar refractivity (Wildman–Crippen MR) is 82.6 cm³/mol. The van der Waals surface area contributed by atoms with E-state index in [9.17, 15) is 17.2 Å². The maximum absolute atomic E-state index is 12.8. The molecule has 0 aliphatic rings. The van der Waals surface area contributed by atoms with Crippen molar-refractivity contribution in [3.63, 3.8) is 0 Å². The maximum Gasteiger partial charge on any atom is 0.319 e. The number of alkyl halides is 2. The molecular weight excluding hydrogens is 324 g/mol. The number of rotatable bonds is 7. The largest absolute Gasteiger partial charge is 0.319 e. The summed E-state index contributed by atoms with van der Waals surface area (Å²) in [6.07, 6.45) is 4.20. The molecule has 0 saturated heterocycles. The highest BCUT2D eigenvalue weighted by Gasteiger charge is 2.23. The molecule has 0 bridgehead atoms. The zero-order valence-electron chi connectivity index (χ0n) is 13.0. The Labute approximate surface area is 134 Å². The Bertz CT molecular complexity index is 742. The lowest BCUT2D eigenvalue weighted by atomic mass is 10.1. The van der Waals surface area contributed by atoms with Crippen LogP contribution in [0.2, 0.25) is 0 Å². The van der Waals surface area contributed by atoms with Gasteiger partial charge in [0.1, 0.15) is 5.82 Å². The van der Waals surface area contributed by atoms with Crippen molar-refractivity contribution in [2.45, 2.75) is 37.8 Å². The van der Waals surface area contributed by atoms with Crippen LogP contribution < -0.4 is 0 Å². The van der Waals surface area contributed by atoms with Gasteiger partial charge < -0.3 is 0 Å². The highest BCUT2D eigenvalue weighted by Crippen LogP contribution is 2.19. The molecule has 0 unspecified atom stereocenters. The molecule has 126 valence electrons. The van der Waals surface area contributed by atoms with Crippen LogP contribution in [0, 0.1) is 0 Å². The van der Waals surface area contributed by atoms with Crippen molar-refractivity contribution in [1.29, 1.82) is 0 Å². The minimum absolute atomic E-state index is 0.00585. The molecule has 0 fully saturated rings. The Hall–Kier alpha value is -1.80. The molecule has 1 aromatic carbocycles. The van der Waals surface area contributed by atoms with Crippen molar-refractivity contribution in [3.8, 4) is 0 Å². The van der Waals surface area contributed by atoms with Gasteiger partial charge in [0, 0.05) is 19.4 Å². The summed E-state index contributed by atoms with van der Waals surface area (Å²) in [6, 6.07) is 6.61. The third kappa shape index (κ3) is 3.94. The van der Waals surface area contributed by atoms with Gasteiger partial charge >= 0.3 is 6.55 Å². The molecule has 23 heavy (non-hydrogen) atoms. The van der Waals surface area contributed by atoms with Gasteiger partial charge in [-0.2, -0.15) is 13.1 Å². The molecule has 5 nitrogen and oxygen atoms in total. The summed E-state index contributed by atoms with van der Waals surface area (Å²) >= 11 is 0. The van der Waals surface area contributed by atoms with Crippen LogP contribution in [0.15, 0.2) is 41.6 Å². The molecule has 0 atom stereocenters. The van der Waals surface area contributed by atoms with Crippen LogP contribution >= 0.6 is 0 Å². The number of hydrogen-bond donors (Lipinski definition) is 0. The summed E-state index contributed by atoms with van der Waals surface area (Å²) in [5.74, 6) is -0.00585. The molecule has 0 amide bonds. The third-order valence-corrected chi connectivity index (χ3v) is 5.31. The first-order valence-corrected chi connectivity index (χ1v) is 8.65. The van der Waals surface area contributed by atoms with Gasteiger partial charge in [-0.25, -0.2) is 13.4 Å². The van der Waals surface area contributed by atoms with Crippen molar-refractivity contribution in [3.05, 3.63) is 48.0 Å². The van der Waals surface area contributed by atoms with Gasteiger partial charge in [-0.15, -0.1) is 0 Å². The number of aromatic nitrogens is 2. The molecule has 2 rings (SSSR count). The van der Waals surface area contributed by atoms with E-state index in [1.165, 1.54) is 25.4 Å². The smallest absolute Gasteiger partial charge is 0.277 e. The molecule has 1 aromatic heterocycles. The summed E-state index contributed by atoms with van der Waals surface area (Å²) in [7, 11) is -2.41. The quantitative estimate of drug-likeness (QED) is 0.776. The van der Waals surface area contributed by atoms with E-state index in [0.29, 0.717) is 4.57 Å². The average molecular weight is 343 g/mol. The van der Waals surface area contributed by atoms with E-state index in [4.69, 9.17) is 0 Å². The maximum atomic E-state index is 12.8. The molecule has 0 aliphatic heterocycles. The minimum atomic E-state index is -3.75. The van der Waals surface area contributed by atoms with E-state index >= 15 is 0 Å². The van der Waals surface area contributed by atoms with E-state index in [0.717, 1.165) is 28.9 Å². The normalized spacial score (nSPS) is 12.3. The van der Waals surface area contributed by atoms with Gasteiger partial charge in [0.15, 0.2) is 0 Å². The van der Waals surface area contributed by atoms with Gasteiger partial charge in [0.2, 0.25) is 10.0 Å². The van der Waals surface area contributed by atoms with Gasteiger partial charge in [0.25, 0.3) is 0 Å². The van der Waals surface area contributed by atoms with Gasteiger partial charge in [0.05, 0.1) is 11.4 Å². The highest BCUT2D eigenvalue weighted by atomic mass is 32.2. The van der Waals surface area contributed by atoms with Crippen LogP contribution in [0.5, 0.6) is 0 Å². The SMILES string of the molecule is CCCc1ccc(S(=O)(=O)N(C)Cc2nccn2C(F)F)cc1. The lowest BCUT2D eigenvalue weighted by molar-refractivity contribution is 0.0658. The molecule has 8 heteroatoms. The van der Waals surface area contributed by atoms with Crippen molar-refractivity contribution in [1.82, 2.24) is 13.9 Å². The van der Waals surface area contributed by atoms with Gasteiger partial charge in [-0.05, 0) is 24.1 Å². The van der Waals surface area contributed by atoms with E-state index in [2.05, 4.69) is 4.98 Å². The molecule has 0 saturated carbocycles. The second kappa shape index (κ2) is 7.18. The Morgan fingerprint density at radius 3 is 2.48 bits per heavy atom. The fraction of sp³-hybridized carbons (Fsp3) is 0.400. The van der Waals surface area contributed by atoms with Crippen LogP contribution in [-0.4, -0.2) is 29.3 Å². The van der Waals surface area contributed by atoms with E-state index < -0.39 is 16.6 Å². The van der Waals surface area contributed by atoms with Crippen LogP contribution in [0.3, 0.4) is 0 Å². The number of aryl methyl sites for hydroxylation is 1. The number of imidazole rings is 1. The van der Waals surface area contributed by atoms with Crippen molar-refractivity contribution in [2.24, 2.45) is 0 Å². The standard InChI is InChI=1S/C15H19F2N3O2S/c1-3-4-12-5-7-13(8-6-12)23(21,22)19(2)11-14-18-9-10-20(14)15(16)17/h5-10,15H,3-4,11H2,1-2H3. The zero-order chi connectivity index (χ0) is 17.0. The Morgan fingerprint density at radius 1 is 1.26 bits per heavy atom. The molecule has 0 spiro atoms. The zero-order valence-corrected chi connectivity index (χ0v) is 13.8. The van der Waals surface area contributed by atoms with Gasteiger partial charge in [-0.3, -0.25) is 4.57 Å². The number of halogens is 2. The molecule has 0 N–H and O–H groups in total. The number of benzene rings is 1. The number of nitrogens with zero attached hydrogens (tertiary/aromatic N) is 3. The van der Waals surface area contributed by atoms with Crippen LogP contribution in [0.25, 0.3) is 0 Å². The second-order valence-corrected chi connectivity index (χ2v) is 7.23. The summed E-state index contributed by atoms with van der Waals surface area (Å²) in [5, 5.41) is 0. The van der Waals surface area contributed by atoms with E-state index in [1.54, 1.807) is 12.1 Å². The average Bonchev–Trinajstić information content (AvgIpc) is 2.96. The number of hydrogen-bond acceptors (Lipinski definition) is 3. The monoisotopic (exact) mass is 343 g/mol. The minimum Gasteiger partial charge on any atom is -0.277 e. The lowest BCUT2D eigenvalue weighted by Gasteiger charge is -2.17. The topological polar surface area (TPSA) is 55.2 Å².